The number of nitrogens with zero attached hydrogens (tertiary/aromatic N) is 1. The van der Waals surface area contributed by atoms with Crippen LogP contribution in [0.2, 0.25) is 0 Å². The number of hydrogen-bond donors (Lipinski definition) is 1. The van der Waals surface area contributed by atoms with Crippen LogP contribution in [0.25, 0.3) is 0 Å². The molecule has 0 radical (unpaired) electrons. The first-order valence-corrected chi connectivity index (χ1v) is 6.43. The summed E-state index contributed by atoms with van der Waals surface area (Å²) in [7, 11) is 0. The van der Waals surface area contributed by atoms with Gasteiger partial charge in [0, 0.05) is 6.54 Å². The lowest BCUT2D eigenvalue weighted by molar-refractivity contribution is 0.298. The van der Waals surface area contributed by atoms with Crippen molar-refractivity contribution in [3.63, 3.8) is 0 Å². The Balaban J connectivity index is 0. The number of benzene rings is 1. The molecule has 1 aromatic rings. The molecule has 0 bridgehead atoms. The van der Waals surface area contributed by atoms with Gasteiger partial charge in [0.2, 0.25) is 0 Å². The molecule has 0 unspecified atom stereocenters. The lowest BCUT2D eigenvalue weighted by Crippen LogP contribution is -2.27. The van der Waals surface area contributed by atoms with E-state index in [1.54, 1.807) is 0 Å². The monoisotopic (exact) mass is 310 g/mol. The average molecular weight is 311 g/mol. The third-order valence-electron chi connectivity index (χ3n) is 2.96. The minimum Gasteiger partial charge on any atom is -0.313 e. The van der Waals surface area contributed by atoms with Crippen LogP contribution in [0.15, 0.2) is 24.3 Å². The van der Waals surface area contributed by atoms with Crippen molar-refractivity contribution in [1.29, 1.82) is 0 Å². The smallest absolute Gasteiger partial charge is 0.123 e. The third kappa shape index (κ3) is 9.22. The fraction of sp³-hybridized carbons (Fsp3) is 0.571. The summed E-state index contributed by atoms with van der Waals surface area (Å²) < 4.78 is 12.7. The van der Waals surface area contributed by atoms with Gasteiger partial charge in [-0.2, -0.15) is 0 Å². The predicted octanol–water partition coefficient (Wildman–Crippen LogP) is 3.49. The summed E-state index contributed by atoms with van der Waals surface area (Å²) in [6, 6.07) is 6.67. The Morgan fingerprint density at radius 3 is 2.16 bits per heavy atom. The van der Waals surface area contributed by atoms with E-state index in [4.69, 9.17) is 0 Å². The van der Waals surface area contributed by atoms with E-state index in [0.29, 0.717) is 0 Å². The van der Waals surface area contributed by atoms with Gasteiger partial charge in [-0.3, -0.25) is 0 Å². The van der Waals surface area contributed by atoms with Gasteiger partial charge in [0.25, 0.3) is 0 Å². The van der Waals surface area contributed by atoms with Crippen LogP contribution >= 0.6 is 24.8 Å². The number of rotatable bonds is 8. The van der Waals surface area contributed by atoms with Crippen LogP contribution in [0.3, 0.4) is 0 Å². The van der Waals surface area contributed by atoms with Crippen molar-refractivity contribution < 1.29 is 4.39 Å². The molecule has 112 valence electrons. The summed E-state index contributed by atoms with van der Waals surface area (Å²) in [6.45, 7) is 9.59. The fourth-order valence-electron chi connectivity index (χ4n) is 1.80. The van der Waals surface area contributed by atoms with Crippen LogP contribution in [-0.4, -0.2) is 31.1 Å². The third-order valence-corrected chi connectivity index (χ3v) is 2.96. The van der Waals surface area contributed by atoms with Crippen LogP contribution in [0, 0.1) is 5.82 Å². The maximum Gasteiger partial charge on any atom is 0.123 e. The van der Waals surface area contributed by atoms with Gasteiger partial charge in [-0.15, -0.1) is 24.8 Å². The zero-order chi connectivity index (χ0) is 12.5. The molecule has 5 heteroatoms. The highest BCUT2D eigenvalue weighted by Crippen LogP contribution is 2.01. The molecule has 1 N–H and O–H groups in total. The Bertz CT molecular complexity index is 303. The van der Waals surface area contributed by atoms with Crippen molar-refractivity contribution in [2.24, 2.45) is 0 Å². The van der Waals surface area contributed by atoms with Crippen molar-refractivity contribution in [1.82, 2.24) is 10.2 Å². The molecule has 0 saturated carbocycles. The summed E-state index contributed by atoms with van der Waals surface area (Å²) in [6.07, 6.45) is 1.16. The van der Waals surface area contributed by atoms with E-state index in [-0.39, 0.29) is 30.6 Å². The summed E-state index contributed by atoms with van der Waals surface area (Å²) in [5.74, 6) is -0.171. The lowest BCUT2D eigenvalue weighted by Gasteiger charge is -2.17. The normalized spacial score (nSPS) is 9.89. The van der Waals surface area contributed by atoms with Crippen molar-refractivity contribution in [2.75, 3.05) is 26.2 Å². The molecular formula is C14H25Cl2FN2. The van der Waals surface area contributed by atoms with Crippen molar-refractivity contribution in [3.05, 3.63) is 35.6 Å². The standard InChI is InChI=1S/C14H23FN2.2ClH/c1-3-17(4-2)11-5-10-16-12-13-6-8-14(15)9-7-13;;/h6-9,16H,3-5,10-12H2,1-2H3;2*1H. The second-order valence-electron chi connectivity index (χ2n) is 4.18. The first-order chi connectivity index (χ1) is 8.26. The summed E-state index contributed by atoms with van der Waals surface area (Å²) in [5.41, 5.74) is 1.13. The first-order valence-electron chi connectivity index (χ1n) is 6.43. The molecular weight excluding hydrogens is 286 g/mol. The molecule has 0 aliphatic heterocycles. The fourth-order valence-corrected chi connectivity index (χ4v) is 1.80. The molecule has 0 aliphatic carbocycles. The zero-order valence-corrected chi connectivity index (χ0v) is 13.3. The van der Waals surface area contributed by atoms with Crippen LogP contribution < -0.4 is 5.32 Å². The maximum absolute atomic E-state index is 12.7. The van der Waals surface area contributed by atoms with E-state index >= 15 is 0 Å². The topological polar surface area (TPSA) is 15.3 Å². The number of halogens is 3. The highest BCUT2D eigenvalue weighted by atomic mass is 35.5. The molecule has 19 heavy (non-hydrogen) atoms. The van der Waals surface area contributed by atoms with Gasteiger partial charge in [-0.1, -0.05) is 26.0 Å². The zero-order valence-electron chi connectivity index (χ0n) is 11.7. The van der Waals surface area contributed by atoms with Gasteiger partial charge in [0.15, 0.2) is 0 Å². The average Bonchev–Trinajstić information content (AvgIpc) is 2.36. The molecule has 0 saturated heterocycles. The van der Waals surface area contributed by atoms with Gasteiger partial charge < -0.3 is 10.2 Å². The van der Waals surface area contributed by atoms with Crippen LogP contribution in [0.4, 0.5) is 4.39 Å². The van der Waals surface area contributed by atoms with E-state index in [9.17, 15) is 4.39 Å². The van der Waals surface area contributed by atoms with E-state index in [1.165, 1.54) is 12.1 Å². The number of hydrogen-bond acceptors (Lipinski definition) is 2. The number of nitrogens with one attached hydrogen (secondary N) is 1. The second-order valence-corrected chi connectivity index (χ2v) is 4.18. The molecule has 1 aromatic carbocycles. The predicted molar refractivity (Wildman–Crippen MR) is 85.0 cm³/mol. The summed E-state index contributed by atoms with van der Waals surface area (Å²) in [4.78, 5) is 2.42. The SMILES string of the molecule is CCN(CC)CCCNCc1ccc(F)cc1.Cl.Cl. The minimum atomic E-state index is -0.171. The van der Waals surface area contributed by atoms with Crippen LogP contribution in [0.1, 0.15) is 25.8 Å². The molecule has 0 atom stereocenters. The van der Waals surface area contributed by atoms with Gasteiger partial charge in [-0.05, 0) is 50.3 Å². The van der Waals surface area contributed by atoms with Gasteiger partial charge in [0.05, 0.1) is 0 Å². The van der Waals surface area contributed by atoms with Crippen LogP contribution in [0.5, 0.6) is 0 Å². The molecule has 0 amide bonds. The highest BCUT2D eigenvalue weighted by Gasteiger charge is 1.98. The van der Waals surface area contributed by atoms with Crippen molar-refractivity contribution in [2.45, 2.75) is 26.8 Å². The maximum atomic E-state index is 12.7. The Labute approximate surface area is 128 Å². The molecule has 0 fully saturated rings. The molecule has 0 spiro atoms. The van der Waals surface area contributed by atoms with Gasteiger partial charge >= 0.3 is 0 Å². The Morgan fingerprint density at radius 2 is 1.63 bits per heavy atom. The molecule has 0 aliphatic rings. The van der Waals surface area contributed by atoms with Crippen molar-refractivity contribution >= 4 is 24.8 Å². The first kappa shape index (κ1) is 21.0. The largest absolute Gasteiger partial charge is 0.313 e. The van der Waals surface area contributed by atoms with E-state index in [0.717, 1.165) is 44.7 Å². The van der Waals surface area contributed by atoms with Gasteiger partial charge in [-0.25, -0.2) is 4.39 Å². The van der Waals surface area contributed by atoms with E-state index in [1.807, 2.05) is 12.1 Å². The van der Waals surface area contributed by atoms with E-state index in [2.05, 4.69) is 24.1 Å². The Kier molecular flexibility index (Phi) is 14.0. The highest BCUT2D eigenvalue weighted by molar-refractivity contribution is 5.85. The molecule has 2 nitrogen and oxygen atoms in total. The van der Waals surface area contributed by atoms with Crippen molar-refractivity contribution in [3.8, 4) is 0 Å². The Morgan fingerprint density at radius 1 is 1.05 bits per heavy atom. The molecule has 0 heterocycles. The Hall–Kier alpha value is -0.350. The quantitative estimate of drug-likeness (QED) is 0.739. The second kappa shape index (κ2) is 12.7. The lowest BCUT2D eigenvalue weighted by atomic mass is 10.2. The van der Waals surface area contributed by atoms with Gasteiger partial charge in [0.1, 0.15) is 5.82 Å². The minimum absolute atomic E-state index is 0. The molecule has 0 aromatic heterocycles. The summed E-state index contributed by atoms with van der Waals surface area (Å²) in [5, 5.41) is 3.38. The van der Waals surface area contributed by atoms with Crippen LogP contribution in [-0.2, 0) is 6.54 Å². The molecule has 1 rings (SSSR count). The van der Waals surface area contributed by atoms with E-state index < -0.39 is 0 Å². The summed E-state index contributed by atoms with van der Waals surface area (Å²) >= 11 is 0.